The Hall–Kier alpha value is -3.52. The van der Waals surface area contributed by atoms with Crippen LogP contribution in [-0.2, 0) is 9.59 Å². The molecule has 0 spiro atoms. The fourth-order valence-electron chi connectivity index (χ4n) is 5.08. The Labute approximate surface area is 216 Å². The SMILES string of the molecule is Cc1cc([C@H](C(=O)N2C[C@H](O)C[C@H]2C(=O)N[C@@H](C)c2ccc(-c3c(C)cccc3F)cc2)C(C)C)on1. The predicted octanol–water partition coefficient (Wildman–Crippen LogP) is 4.68. The monoisotopic (exact) mass is 507 g/mol. The molecule has 37 heavy (non-hydrogen) atoms. The van der Waals surface area contributed by atoms with Gasteiger partial charge >= 0.3 is 0 Å². The molecular formula is C29H34FN3O4. The van der Waals surface area contributed by atoms with Crippen LogP contribution >= 0.6 is 0 Å². The Morgan fingerprint density at radius 2 is 1.84 bits per heavy atom. The van der Waals surface area contributed by atoms with Crippen molar-refractivity contribution in [2.75, 3.05) is 6.54 Å². The summed E-state index contributed by atoms with van der Waals surface area (Å²) in [7, 11) is 0. The quantitative estimate of drug-likeness (QED) is 0.484. The number of aliphatic hydroxyl groups is 1. The third-order valence-electron chi connectivity index (χ3n) is 7.03. The normalized spacial score (nSPS) is 19.2. The van der Waals surface area contributed by atoms with E-state index in [0.717, 1.165) is 16.7 Å². The van der Waals surface area contributed by atoms with Crippen molar-refractivity contribution in [1.82, 2.24) is 15.4 Å². The molecule has 8 heteroatoms. The molecule has 2 aromatic carbocycles. The molecule has 4 atom stereocenters. The van der Waals surface area contributed by atoms with E-state index in [2.05, 4.69) is 10.5 Å². The Morgan fingerprint density at radius 3 is 2.43 bits per heavy atom. The lowest BCUT2D eigenvalue weighted by Gasteiger charge is -2.29. The number of nitrogens with zero attached hydrogens (tertiary/aromatic N) is 2. The Kier molecular flexibility index (Phi) is 7.78. The number of β-amino-alcohol motifs (C(OH)–C–C–N with tert-alkyl or cyclic N) is 1. The first-order valence-electron chi connectivity index (χ1n) is 12.6. The van der Waals surface area contributed by atoms with Crippen molar-refractivity contribution in [3.05, 3.63) is 76.9 Å². The van der Waals surface area contributed by atoms with Crippen molar-refractivity contribution in [3.63, 3.8) is 0 Å². The fourth-order valence-corrected chi connectivity index (χ4v) is 5.08. The zero-order valence-corrected chi connectivity index (χ0v) is 21.9. The highest BCUT2D eigenvalue weighted by Gasteiger charge is 2.43. The predicted molar refractivity (Wildman–Crippen MR) is 138 cm³/mol. The lowest BCUT2D eigenvalue weighted by atomic mass is 9.91. The molecule has 3 aromatic rings. The van der Waals surface area contributed by atoms with E-state index in [-0.39, 0.29) is 42.6 Å². The summed E-state index contributed by atoms with van der Waals surface area (Å²) in [5, 5.41) is 17.3. The molecule has 2 heterocycles. The van der Waals surface area contributed by atoms with Crippen LogP contribution in [0.25, 0.3) is 11.1 Å². The molecule has 196 valence electrons. The van der Waals surface area contributed by atoms with Gasteiger partial charge in [-0.1, -0.05) is 55.4 Å². The van der Waals surface area contributed by atoms with Crippen molar-refractivity contribution < 1.29 is 23.6 Å². The van der Waals surface area contributed by atoms with Gasteiger partial charge in [0.1, 0.15) is 23.5 Å². The van der Waals surface area contributed by atoms with Crippen LogP contribution in [0, 0.1) is 25.6 Å². The van der Waals surface area contributed by atoms with E-state index >= 15 is 0 Å². The topological polar surface area (TPSA) is 95.7 Å². The number of aromatic nitrogens is 1. The molecule has 2 amide bonds. The first kappa shape index (κ1) is 26.5. The molecule has 1 aromatic heterocycles. The second-order valence-electron chi connectivity index (χ2n) is 10.3. The number of hydrogen-bond acceptors (Lipinski definition) is 5. The second-order valence-corrected chi connectivity index (χ2v) is 10.3. The third-order valence-corrected chi connectivity index (χ3v) is 7.03. The number of aryl methyl sites for hydroxylation is 2. The lowest BCUT2D eigenvalue weighted by Crippen LogP contribution is -2.48. The molecule has 2 N–H and O–H groups in total. The average molecular weight is 508 g/mol. The van der Waals surface area contributed by atoms with E-state index in [1.165, 1.54) is 11.0 Å². The van der Waals surface area contributed by atoms with Crippen LogP contribution in [0.3, 0.4) is 0 Å². The lowest BCUT2D eigenvalue weighted by molar-refractivity contribution is -0.141. The highest BCUT2D eigenvalue weighted by Crippen LogP contribution is 2.32. The second kappa shape index (κ2) is 10.8. The first-order chi connectivity index (χ1) is 17.6. The maximum atomic E-state index is 14.4. The van der Waals surface area contributed by atoms with Crippen LogP contribution in [0.5, 0.6) is 0 Å². The maximum absolute atomic E-state index is 14.4. The van der Waals surface area contributed by atoms with Crippen LogP contribution in [0.1, 0.15) is 61.7 Å². The van der Waals surface area contributed by atoms with Crippen LogP contribution < -0.4 is 5.32 Å². The number of aliphatic hydroxyl groups excluding tert-OH is 1. The standard InChI is InChI=1S/C29H34FN3O4/c1-16(2)26(25-13-18(4)32-37-25)29(36)33-15-22(34)14-24(33)28(35)31-19(5)20-9-11-21(12-10-20)27-17(3)7-6-8-23(27)30/h6-13,16,19,22,24,26,34H,14-15H2,1-5H3,(H,31,35)/t19-,22+,24-,26+/m0/s1. The van der Waals surface area contributed by atoms with Crippen LogP contribution in [0.2, 0.25) is 0 Å². The van der Waals surface area contributed by atoms with Gasteiger partial charge in [-0.15, -0.1) is 0 Å². The minimum Gasteiger partial charge on any atom is -0.391 e. The number of hydrogen-bond donors (Lipinski definition) is 2. The van der Waals surface area contributed by atoms with Crippen molar-refractivity contribution in [2.24, 2.45) is 5.92 Å². The number of rotatable bonds is 7. The van der Waals surface area contributed by atoms with Gasteiger partial charge in [0.25, 0.3) is 0 Å². The smallest absolute Gasteiger partial charge is 0.243 e. The number of benzene rings is 2. The fraction of sp³-hybridized carbons (Fsp3) is 0.414. The van der Waals surface area contributed by atoms with Crippen molar-refractivity contribution in [3.8, 4) is 11.1 Å². The third kappa shape index (κ3) is 5.59. The molecule has 1 saturated heterocycles. The highest BCUT2D eigenvalue weighted by atomic mass is 19.1. The van der Waals surface area contributed by atoms with Crippen LogP contribution in [0.15, 0.2) is 53.1 Å². The molecule has 4 rings (SSSR count). The zero-order valence-electron chi connectivity index (χ0n) is 21.9. The van der Waals surface area contributed by atoms with Crippen molar-refractivity contribution in [2.45, 2.75) is 65.1 Å². The van der Waals surface area contributed by atoms with Gasteiger partial charge in [0.2, 0.25) is 11.8 Å². The van der Waals surface area contributed by atoms with E-state index in [1.54, 1.807) is 19.1 Å². The zero-order chi connectivity index (χ0) is 26.9. The minimum absolute atomic E-state index is 0.0817. The molecule has 0 unspecified atom stereocenters. The van der Waals surface area contributed by atoms with Crippen molar-refractivity contribution >= 4 is 11.8 Å². The van der Waals surface area contributed by atoms with Crippen LogP contribution in [-0.4, -0.2) is 45.7 Å². The van der Waals surface area contributed by atoms with E-state index in [9.17, 15) is 19.1 Å². The number of likely N-dealkylation sites (tertiary alicyclic amines) is 1. The summed E-state index contributed by atoms with van der Waals surface area (Å²) in [6.45, 7) is 9.42. The highest BCUT2D eigenvalue weighted by molar-refractivity contribution is 5.91. The Bertz CT molecular complexity index is 1250. The molecular weight excluding hydrogens is 473 g/mol. The summed E-state index contributed by atoms with van der Waals surface area (Å²) in [6, 6.07) is 13.0. The van der Waals surface area contributed by atoms with Gasteiger partial charge in [-0.3, -0.25) is 9.59 Å². The van der Waals surface area contributed by atoms with Crippen LogP contribution in [0.4, 0.5) is 4.39 Å². The summed E-state index contributed by atoms with van der Waals surface area (Å²) >= 11 is 0. The Morgan fingerprint density at radius 1 is 1.14 bits per heavy atom. The molecule has 0 saturated carbocycles. The average Bonchev–Trinajstić information content (AvgIpc) is 3.44. The van der Waals surface area contributed by atoms with Gasteiger partial charge in [-0.2, -0.15) is 0 Å². The minimum atomic E-state index is -0.796. The molecule has 0 bridgehead atoms. The van der Waals surface area contributed by atoms with Gasteiger partial charge in [0, 0.05) is 24.6 Å². The largest absolute Gasteiger partial charge is 0.391 e. The molecule has 0 radical (unpaired) electrons. The summed E-state index contributed by atoms with van der Waals surface area (Å²) < 4.78 is 19.8. The summed E-state index contributed by atoms with van der Waals surface area (Å²) in [6.07, 6.45) is -0.627. The van der Waals surface area contributed by atoms with Gasteiger partial charge < -0.3 is 19.8 Å². The van der Waals surface area contributed by atoms with Crippen molar-refractivity contribution in [1.29, 1.82) is 0 Å². The van der Waals surface area contributed by atoms with E-state index in [4.69, 9.17) is 4.52 Å². The number of amides is 2. The summed E-state index contributed by atoms with van der Waals surface area (Å²) in [4.78, 5) is 28.3. The molecule has 0 aliphatic carbocycles. The van der Waals surface area contributed by atoms with Gasteiger partial charge in [0.05, 0.1) is 17.8 Å². The van der Waals surface area contributed by atoms with Gasteiger partial charge in [-0.25, -0.2) is 4.39 Å². The van der Waals surface area contributed by atoms with E-state index in [1.807, 2.05) is 58.0 Å². The number of nitrogens with one attached hydrogen (secondary N) is 1. The number of halogens is 1. The van der Waals surface area contributed by atoms with Gasteiger partial charge in [-0.05, 0) is 49.4 Å². The van der Waals surface area contributed by atoms with E-state index in [0.29, 0.717) is 17.0 Å². The molecule has 1 aliphatic rings. The molecule has 1 aliphatic heterocycles. The molecule has 7 nitrogen and oxygen atoms in total. The summed E-state index contributed by atoms with van der Waals surface area (Å²) in [5.74, 6) is -1.11. The van der Waals surface area contributed by atoms with Gasteiger partial charge in [0.15, 0.2) is 0 Å². The Balaban J connectivity index is 1.49. The molecule has 1 fully saturated rings. The maximum Gasteiger partial charge on any atom is 0.243 e. The first-order valence-corrected chi connectivity index (χ1v) is 12.6. The van der Waals surface area contributed by atoms with E-state index < -0.39 is 18.1 Å². The number of carbonyl (C=O) groups excluding carboxylic acids is 2. The summed E-state index contributed by atoms with van der Waals surface area (Å²) in [5.41, 5.74) is 3.69. The number of carbonyl (C=O) groups is 2.